The molecule has 0 aliphatic carbocycles. The lowest BCUT2D eigenvalue weighted by atomic mass is 10.0. The quantitative estimate of drug-likeness (QED) is 0.491. The molecule has 4 nitrogen and oxygen atoms in total. The molecule has 0 fully saturated rings. The van der Waals surface area contributed by atoms with Gasteiger partial charge in [0.2, 0.25) is 0 Å². The molecule has 5 rings (SSSR count). The van der Waals surface area contributed by atoms with Crippen molar-refractivity contribution in [2.24, 2.45) is 0 Å². The Labute approximate surface area is 172 Å². The number of thiazole rings is 1. The zero-order valence-electron chi connectivity index (χ0n) is 15.6. The molecule has 1 aromatic heterocycles. The summed E-state index contributed by atoms with van der Waals surface area (Å²) < 4.78 is 5.77. The van der Waals surface area contributed by atoms with Gasteiger partial charge in [-0.1, -0.05) is 65.9 Å². The molecule has 0 spiro atoms. The van der Waals surface area contributed by atoms with Crippen LogP contribution < -0.4 is 10.1 Å². The average molecular weight is 398 g/mol. The van der Waals surface area contributed by atoms with Gasteiger partial charge in [-0.2, -0.15) is 0 Å². The Kier molecular flexibility index (Phi) is 4.58. The minimum absolute atomic E-state index is 0.156. The largest absolute Gasteiger partial charge is 0.487 e. The van der Waals surface area contributed by atoms with E-state index in [0.717, 1.165) is 28.3 Å². The third kappa shape index (κ3) is 3.65. The van der Waals surface area contributed by atoms with Crippen LogP contribution in [0.25, 0.3) is 11.3 Å². The fourth-order valence-electron chi connectivity index (χ4n) is 3.42. The second-order valence-corrected chi connectivity index (χ2v) is 7.97. The van der Waals surface area contributed by atoms with Crippen LogP contribution in [0.2, 0.25) is 0 Å². The van der Waals surface area contributed by atoms with Crippen molar-refractivity contribution in [2.75, 3.05) is 5.32 Å². The van der Waals surface area contributed by atoms with Gasteiger partial charge >= 0.3 is 0 Å². The van der Waals surface area contributed by atoms with Crippen LogP contribution in [0.15, 0.2) is 78.9 Å². The van der Waals surface area contributed by atoms with Crippen LogP contribution >= 0.6 is 11.3 Å². The third-order valence-corrected chi connectivity index (χ3v) is 5.83. The zero-order valence-corrected chi connectivity index (χ0v) is 16.4. The number of amides is 1. The second-order valence-electron chi connectivity index (χ2n) is 6.89. The summed E-state index contributed by atoms with van der Waals surface area (Å²) in [5.74, 6) is 0.675. The minimum Gasteiger partial charge on any atom is -0.487 e. The van der Waals surface area contributed by atoms with E-state index in [1.54, 1.807) is 0 Å². The summed E-state index contributed by atoms with van der Waals surface area (Å²) in [5.41, 5.74) is 4.90. The molecule has 0 atom stereocenters. The summed E-state index contributed by atoms with van der Waals surface area (Å²) in [6.45, 7) is 0.480. The van der Waals surface area contributed by atoms with Crippen molar-refractivity contribution in [2.45, 2.75) is 13.0 Å². The van der Waals surface area contributed by atoms with E-state index in [4.69, 9.17) is 4.74 Å². The highest BCUT2D eigenvalue weighted by Gasteiger charge is 2.22. The van der Waals surface area contributed by atoms with Gasteiger partial charge in [-0.15, -0.1) is 0 Å². The summed E-state index contributed by atoms with van der Waals surface area (Å²) in [4.78, 5) is 18.3. The lowest BCUT2D eigenvalue weighted by Gasteiger charge is -2.15. The molecule has 29 heavy (non-hydrogen) atoms. The first-order chi connectivity index (χ1) is 14.3. The Hall–Kier alpha value is -3.44. The van der Waals surface area contributed by atoms with Crippen molar-refractivity contribution in [3.05, 3.63) is 100 Å². The fraction of sp³-hybridized carbons (Fsp3) is 0.0833. The number of fused-ring (bicyclic) bond motifs is 3. The van der Waals surface area contributed by atoms with Crippen molar-refractivity contribution < 1.29 is 9.53 Å². The van der Waals surface area contributed by atoms with Gasteiger partial charge in [0.1, 0.15) is 12.4 Å². The first kappa shape index (κ1) is 17.6. The summed E-state index contributed by atoms with van der Waals surface area (Å²) >= 11 is 1.46. The molecule has 3 aromatic carbocycles. The molecule has 0 bridgehead atoms. The number of carbonyl (C=O) groups is 1. The van der Waals surface area contributed by atoms with Crippen molar-refractivity contribution >= 4 is 22.4 Å². The summed E-state index contributed by atoms with van der Waals surface area (Å²) in [6, 6.07) is 25.8. The van der Waals surface area contributed by atoms with Gasteiger partial charge in [0.05, 0.1) is 10.6 Å². The summed E-state index contributed by atoms with van der Waals surface area (Å²) in [5, 5.41) is 3.52. The Bertz CT molecular complexity index is 1170. The van der Waals surface area contributed by atoms with Crippen LogP contribution in [-0.2, 0) is 13.0 Å². The van der Waals surface area contributed by atoms with Gasteiger partial charge in [-0.3, -0.25) is 10.1 Å². The molecule has 0 unspecified atom stereocenters. The molecule has 1 aliphatic rings. The van der Waals surface area contributed by atoms with Gasteiger partial charge < -0.3 is 4.74 Å². The smallest absolute Gasteiger partial charge is 0.257 e. The number of ether oxygens (including phenoxy) is 1. The molecule has 1 aliphatic heterocycles. The van der Waals surface area contributed by atoms with E-state index in [9.17, 15) is 4.79 Å². The maximum absolute atomic E-state index is 12.7. The Morgan fingerprint density at radius 3 is 2.48 bits per heavy atom. The van der Waals surface area contributed by atoms with E-state index in [2.05, 4.69) is 22.4 Å². The fourth-order valence-corrected chi connectivity index (χ4v) is 4.30. The van der Waals surface area contributed by atoms with Crippen LogP contribution in [0.5, 0.6) is 5.75 Å². The lowest BCUT2D eigenvalue weighted by Crippen LogP contribution is -2.11. The van der Waals surface area contributed by atoms with Crippen molar-refractivity contribution in [3.63, 3.8) is 0 Å². The SMILES string of the molecule is O=C(Nc1nc2c(s1)COc1ccccc1-2)c1ccc(Cc2ccccc2)cc1. The van der Waals surface area contributed by atoms with Crippen LogP contribution in [0.1, 0.15) is 26.4 Å². The van der Waals surface area contributed by atoms with Crippen molar-refractivity contribution in [3.8, 4) is 17.0 Å². The molecule has 0 saturated heterocycles. The number of rotatable bonds is 4. The van der Waals surface area contributed by atoms with Crippen LogP contribution in [0.4, 0.5) is 5.13 Å². The highest BCUT2D eigenvalue weighted by Crippen LogP contribution is 2.40. The molecule has 4 aromatic rings. The average Bonchev–Trinajstić information content (AvgIpc) is 3.18. The van der Waals surface area contributed by atoms with E-state index in [1.165, 1.54) is 22.5 Å². The van der Waals surface area contributed by atoms with Crippen LogP contribution in [-0.4, -0.2) is 10.9 Å². The normalized spacial score (nSPS) is 11.9. The van der Waals surface area contributed by atoms with Gasteiger partial charge in [0, 0.05) is 11.1 Å². The number of hydrogen-bond donors (Lipinski definition) is 1. The molecular weight excluding hydrogens is 380 g/mol. The van der Waals surface area contributed by atoms with Gasteiger partial charge in [0.15, 0.2) is 5.13 Å². The predicted octanol–water partition coefficient (Wildman–Crippen LogP) is 5.55. The Morgan fingerprint density at radius 2 is 1.66 bits per heavy atom. The number of nitrogens with one attached hydrogen (secondary N) is 1. The number of nitrogens with zero attached hydrogens (tertiary/aromatic N) is 1. The van der Waals surface area contributed by atoms with Crippen LogP contribution in [0.3, 0.4) is 0 Å². The van der Waals surface area contributed by atoms with Gasteiger partial charge in [-0.25, -0.2) is 4.98 Å². The molecule has 5 heteroatoms. The summed E-state index contributed by atoms with van der Waals surface area (Å²) in [6.07, 6.45) is 0.849. The lowest BCUT2D eigenvalue weighted by molar-refractivity contribution is 0.102. The van der Waals surface area contributed by atoms with Crippen molar-refractivity contribution in [1.82, 2.24) is 4.98 Å². The number of aromatic nitrogens is 1. The Balaban J connectivity index is 1.31. The zero-order chi connectivity index (χ0) is 19.6. The molecule has 142 valence electrons. The number of para-hydroxylation sites is 1. The highest BCUT2D eigenvalue weighted by molar-refractivity contribution is 7.16. The maximum Gasteiger partial charge on any atom is 0.257 e. The van der Waals surface area contributed by atoms with E-state index >= 15 is 0 Å². The van der Waals surface area contributed by atoms with Crippen LogP contribution in [0, 0.1) is 0 Å². The number of carbonyl (C=O) groups excluding carboxylic acids is 1. The van der Waals surface area contributed by atoms with Gasteiger partial charge in [0.25, 0.3) is 5.91 Å². The molecule has 1 amide bonds. The monoisotopic (exact) mass is 398 g/mol. The number of hydrogen-bond acceptors (Lipinski definition) is 4. The maximum atomic E-state index is 12.7. The first-order valence-corrected chi connectivity index (χ1v) is 10.2. The van der Waals surface area contributed by atoms with Gasteiger partial charge in [-0.05, 0) is 41.8 Å². The molecular formula is C24H18N2O2S. The molecule has 0 saturated carbocycles. The summed E-state index contributed by atoms with van der Waals surface area (Å²) in [7, 11) is 0. The number of benzene rings is 3. The topological polar surface area (TPSA) is 51.2 Å². The van der Waals surface area contributed by atoms with E-state index in [0.29, 0.717) is 17.3 Å². The van der Waals surface area contributed by atoms with E-state index < -0.39 is 0 Å². The Morgan fingerprint density at radius 1 is 0.931 bits per heavy atom. The van der Waals surface area contributed by atoms with Crippen molar-refractivity contribution in [1.29, 1.82) is 0 Å². The highest BCUT2D eigenvalue weighted by atomic mass is 32.1. The molecule has 1 N–H and O–H groups in total. The minimum atomic E-state index is -0.156. The second kappa shape index (κ2) is 7.53. The molecule has 0 radical (unpaired) electrons. The number of anilines is 1. The predicted molar refractivity (Wildman–Crippen MR) is 116 cm³/mol. The third-order valence-electron chi connectivity index (χ3n) is 4.89. The standard InChI is InChI=1S/C24H18N2O2S/c27-23(18-12-10-17(11-13-18)14-16-6-2-1-3-7-16)26-24-25-22-19-8-4-5-9-20(19)28-15-21(22)29-24/h1-13H,14-15H2,(H,25,26,27). The van der Waals surface area contributed by atoms with E-state index in [-0.39, 0.29) is 5.91 Å². The van der Waals surface area contributed by atoms with E-state index in [1.807, 2.05) is 66.7 Å². The first-order valence-electron chi connectivity index (χ1n) is 9.42. The molecule has 2 heterocycles.